The molecule has 0 heterocycles. The molecule has 0 aliphatic carbocycles. The van der Waals surface area contributed by atoms with Crippen LogP contribution in [0.1, 0.15) is 45.7 Å². The van der Waals surface area contributed by atoms with Gasteiger partial charge in [0.25, 0.3) is 0 Å². The fourth-order valence-electron chi connectivity index (χ4n) is 1.85. The molecule has 3 unspecified atom stereocenters. The number of hydrogen-bond donors (Lipinski definition) is 1. The molecule has 0 fully saturated rings. The summed E-state index contributed by atoms with van der Waals surface area (Å²) in [4.78, 5) is 0. The summed E-state index contributed by atoms with van der Waals surface area (Å²) in [6.45, 7) is 8.89. The summed E-state index contributed by atoms with van der Waals surface area (Å²) in [7, 11) is 0. The standard InChI is InChI=1S/C14H21BrClN/c1-5-9(2)10(3)17-11(4)13-7-6-12(15)8-14(13)16/h6-11,17H,5H2,1-4H3. The van der Waals surface area contributed by atoms with Crippen LogP contribution >= 0.6 is 27.5 Å². The van der Waals surface area contributed by atoms with Crippen LogP contribution in [-0.2, 0) is 0 Å². The molecular weight excluding hydrogens is 298 g/mol. The molecular formula is C14H21BrClN. The summed E-state index contributed by atoms with van der Waals surface area (Å²) in [6.07, 6.45) is 1.19. The lowest BCUT2D eigenvalue weighted by Gasteiger charge is -2.25. The van der Waals surface area contributed by atoms with Gasteiger partial charge >= 0.3 is 0 Å². The van der Waals surface area contributed by atoms with E-state index < -0.39 is 0 Å². The highest BCUT2D eigenvalue weighted by Gasteiger charge is 2.15. The topological polar surface area (TPSA) is 12.0 Å². The van der Waals surface area contributed by atoms with Gasteiger partial charge < -0.3 is 5.32 Å². The summed E-state index contributed by atoms with van der Waals surface area (Å²) in [6, 6.07) is 6.83. The molecule has 3 heteroatoms. The van der Waals surface area contributed by atoms with Crippen LogP contribution in [0.2, 0.25) is 5.02 Å². The number of halogens is 2. The molecule has 3 atom stereocenters. The van der Waals surface area contributed by atoms with E-state index in [9.17, 15) is 0 Å². The molecule has 1 N–H and O–H groups in total. The van der Waals surface area contributed by atoms with Crippen LogP contribution in [-0.4, -0.2) is 6.04 Å². The third kappa shape index (κ3) is 4.27. The fraction of sp³-hybridized carbons (Fsp3) is 0.571. The molecule has 0 spiro atoms. The zero-order valence-electron chi connectivity index (χ0n) is 10.9. The van der Waals surface area contributed by atoms with Crippen LogP contribution in [0, 0.1) is 5.92 Å². The average Bonchev–Trinajstić information content (AvgIpc) is 2.27. The normalized spacial score (nSPS) is 16.6. The van der Waals surface area contributed by atoms with Crippen LogP contribution in [0.5, 0.6) is 0 Å². The highest BCUT2D eigenvalue weighted by atomic mass is 79.9. The van der Waals surface area contributed by atoms with Gasteiger partial charge in [0.05, 0.1) is 0 Å². The predicted molar refractivity (Wildman–Crippen MR) is 79.6 cm³/mol. The van der Waals surface area contributed by atoms with Crippen LogP contribution in [0.3, 0.4) is 0 Å². The maximum atomic E-state index is 6.25. The fourth-order valence-corrected chi connectivity index (χ4v) is 2.69. The van der Waals surface area contributed by atoms with Crippen LogP contribution < -0.4 is 5.32 Å². The van der Waals surface area contributed by atoms with E-state index >= 15 is 0 Å². The van der Waals surface area contributed by atoms with Crippen molar-refractivity contribution in [2.75, 3.05) is 0 Å². The van der Waals surface area contributed by atoms with Crippen molar-refractivity contribution in [2.24, 2.45) is 5.92 Å². The van der Waals surface area contributed by atoms with Crippen molar-refractivity contribution in [3.05, 3.63) is 33.3 Å². The molecule has 0 bridgehead atoms. The number of hydrogen-bond acceptors (Lipinski definition) is 1. The monoisotopic (exact) mass is 317 g/mol. The van der Waals surface area contributed by atoms with Crippen molar-refractivity contribution >= 4 is 27.5 Å². The lowest BCUT2D eigenvalue weighted by molar-refractivity contribution is 0.360. The Morgan fingerprint density at radius 3 is 2.47 bits per heavy atom. The van der Waals surface area contributed by atoms with Crippen LogP contribution in [0.25, 0.3) is 0 Å². The Morgan fingerprint density at radius 1 is 1.29 bits per heavy atom. The molecule has 17 heavy (non-hydrogen) atoms. The average molecular weight is 319 g/mol. The Labute approximate surface area is 118 Å². The lowest BCUT2D eigenvalue weighted by atomic mass is 9.99. The molecule has 0 aliphatic heterocycles. The third-order valence-electron chi connectivity index (χ3n) is 3.44. The maximum Gasteiger partial charge on any atom is 0.0464 e. The third-order valence-corrected chi connectivity index (χ3v) is 4.26. The Hall–Kier alpha value is -0.0500. The van der Waals surface area contributed by atoms with Gasteiger partial charge in [0.1, 0.15) is 0 Å². The van der Waals surface area contributed by atoms with E-state index in [0.29, 0.717) is 12.0 Å². The first-order valence-electron chi connectivity index (χ1n) is 6.16. The molecule has 0 radical (unpaired) electrons. The minimum atomic E-state index is 0.277. The second-order valence-corrected chi connectivity index (χ2v) is 6.05. The molecule has 96 valence electrons. The van der Waals surface area contributed by atoms with Gasteiger partial charge in [-0.3, -0.25) is 0 Å². The van der Waals surface area contributed by atoms with Gasteiger partial charge in [-0.25, -0.2) is 0 Å². The second kappa shape index (κ2) is 6.77. The molecule has 1 aromatic rings. The molecule has 0 amide bonds. The lowest BCUT2D eigenvalue weighted by Crippen LogP contribution is -2.34. The zero-order chi connectivity index (χ0) is 13.0. The zero-order valence-corrected chi connectivity index (χ0v) is 13.3. The first-order chi connectivity index (χ1) is 7.95. The minimum Gasteiger partial charge on any atom is -0.307 e. The summed E-state index contributed by atoms with van der Waals surface area (Å²) < 4.78 is 1.02. The van der Waals surface area contributed by atoms with E-state index in [1.165, 1.54) is 6.42 Å². The van der Waals surface area contributed by atoms with E-state index in [0.717, 1.165) is 15.1 Å². The van der Waals surface area contributed by atoms with E-state index in [1.54, 1.807) is 0 Å². The van der Waals surface area contributed by atoms with Gasteiger partial charge in [-0.2, -0.15) is 0 Å². The highest BCUT2D eigenvalue weighted by Crippen LogP contribution is 2.27. The summed E-state index contributed by atoms with van der Waals surface area (Å²) in [5.41, 5.74) is 1.16. The van der Waals surface area contributed by atoms with Crippen molar-refractivity contribution in [1.29, 1.82) is 0 Å². The van der Waals surface area contributed by atoms with Crippen molar-refractivity contribution in [3.63, 3.8) is 0 Å². The largest absolute Gasteiger partial charge is 0.307 e. The quantitative estimate of drug-likeness (QED) is 0.788. The first-order valence-corrected chi connectivity index (χ1v) is 7.33. The summed E-state index contributed by atoms with van der Waals surface area (Å²) in [5, 5.41) is 4.42. The Kier molecular flexibility index (Phi) is 5.98. The molecule has 1 rings (SSSR count). The first kappa shape index (κ1) is 15.0. The molecule has 1 aromatic carbocycles. The van der Waals surface area contributed by atoms with Crippen molar-refractivity contribution in [3.8, 4) is 0 Å². The van der Waals surface area contributed by atoms with E-state index in [2.05, 4.69) is 55.0 Å². The number of rotatable bonds is 5. The Balaban J connectivity index is 2.72. The Bertz CT molecular complexity index is 367. The molecule has 1 nitrogen and oxygen atoms in total. The predicted octanol–water partition coefficient (Wildman–Crippen LogP) is 5.19. The van der Waals surface area contributed by atoms with Crippen LogP contribution in [0.4, 0.5) is 0 Å². The Morgan fingerprint density at radius 2 is 1.94 bits per heavy atom. The molecule has 0 aromatic heterocycles. The van der Waals surface area contributed by atoms with Crippen molar-refractivity contribution in [1.82, 2.24) is 5.32 Å². The maximum absolute atomic E-state index is 6.25. The van der Waals surface area contributed by atoms with Crippen molar-refractivity contribution in [2.45, 2.75) is 46.2 Å². The van der Waals surface area contributed by atoms with Crippen molar-refractivity contribution < 1.29 is 0 Å². The van der Waals surface area contributed by atoms with Gasteiger partial charge in [-0.15, -0.1) is 0 Å². The molecule has 0 aliphatic rings. The van der Waals surface area contributed by atoms with Gasteiger partial charge in [0, 0.05) is 21.6 Å². The minimum absolute atomic E-state index is 0.277. The smallest absolute Gasteiger partial charge is 0.0464 e. The molecule has 0 saturated heterocycles. The van der Waals surface area contributed by atoms with E-state index in [4.69, 9.17) is 11.6 Å². The summed E-state index contributed by atoms with van der Waals surface area (Å²) in [5.74, 6) is 0.673. The van der Waals surface area contributed by atoms with E-state index in [-0.39, 0.29) is 6.04 Å². The summed E-state index contributed by atoms with van der Waals surface area (Å²) >= 11 is 9.68. The van der Waals surface area contributed by atoms with Gasteiger partial charge in [0.15, 0.2) is 0 Å². The van der Waals surface area contributed by atoms with E-state index in [1.807, 2.05) is 12.1 Å². The van der Waals surface area contributed by atoms with Gasteiger partial charge in [-0.1, -0.05) is 53.9 Å². The molecule has 0 saturated carbocycles. The highest BCUT2D eigenvalue weighted by molar-refractivity contribution is 9.10. The SMILES string of the molecule is CCC(C)C(C)NC(C)c1ccc(Br)cc1Cl. The van der Waals surface area contributed by atoms with Crippen LogP contribution in [0.15, 0.2) is 22.7 Å². The number of nitrogens with one attached hydrogen (secondary N) is 1. The second-order valence-electron chi connectivity index (χ2n) is 4.73. The number of benzene rings is 1. The van der Waals surface area contributed by atoms with Gasteiger partial charge in [-0.05, 0) is 37.5 Å². The van der Waals surface area contributed by atoms with Gasteiger partial charge in [0.2, 0.25) is 0 Å².